The number of hydrogen-bond acceptors (Lipinski definition) is 3. The molecule has 0 radical (unpaired) electrons. The quantitative estimate of drug-likeness (QED) is 0.528. The van der Waals surface area contributed by atoms with E-state index in [0.29, 0.717) is 0 Å². The lowest BCUT2D eigenvalue weighted by Crippen LogP contribution is -2.53. The minimum atomic E-state index is -1.08. The molecule has 0 unspecified atom stereocenters. The Morgan fingerprint density at radius 3 is 2.17 bits per heavy atom. The van der Waals surface area contributed by atoms with Crippen LogP contribution in [0.1, 0.15) is 20.8 Å². The predicted molar refractivity (Wildman–Crippen MR) is 43.5 cm³/mol. The van der Waals surface area contributed by atoms with Crippen molar-refractivity contribution in [1.82, 2.24) is 5.32 Å². The van der Waals surface area contributed by atoms with Crippen LogP contribution in [-0.4, -0.2) is 28.6 Å². The van der Waals surface area contributed by atoms with Gasteiger partial charge in [-0.25, -0.2) is 0 Å². The highest BCUT2D eigenvalue weighted by Crippen LogP contribution is 1.96. The smallest absolute Gasteiger partial charge is 0.325 e. The van der Waals surface area contributed by atoms with Gasteiger partial charge in [0.15, 0.2) is 0 Å². The van der Waals surface area contributed by atoms with E-state index in [0.717, 1.165) is 0 Å². The number of rotatable bonds is 3. The molecule has 0 heterocycles. The minimum Gasteiger partial charge on any atom is -0.480 e. The average molecular weight is 174 g/mol. The van der Waals surface area contributed by atoms with E-state index in [4.69, 9.17) is 10.8 Å². The summed E-state index contributed by atoms with van der Waals surface area (Å²) in [4.78, 5) is 21.4. The molecule has 0 spiro atoms. The second kappa shape index (κ2) is 3.53. The second-order valence-electron chi connectivity index (χ2n) is 3.26. The number of carbonyl (C=O) groups is 2. The number of carboxylic acid groups (broad SMARTS) is 1. The van der Waals surface area contributed by atoms with Crippen molar-refractivity contribution in [3.05, 3.63) is 0 Å². The Balaban J connectivity index is 4.11. The van der Waals surface area contributed by atoms with Crippen molar-refractivity contribution in [3.63, 3.8) is 0 Å². The lowest BCUT2D eigenvalue weighted by atomic mass is 10.1. The highest BCUT2D eigenvalue weighted by atomic mass is 16.4. The van der Waals surface area contributed by atoms with Gasteiger partial charge in [-0.2, -0.15) is 0 Å². The van der Waals surface area contributed by atoms with Crippen molar-refractivity contribution in [2.75, 3.05) is 0 Å². The topological polar surface area (TPSA) is 92.4 Å². The number of nitrogens with two attached hydrogens (primary N) is 1. The van der Waals surface area contributed by atoms with Crippen LogP contribution in [0, 0.1) is 0 Å². The molecule has 4 N–H and O–H groups in total. The van der Waals surface area contributed by atoms with E-state index in [2.05, 4.69) is 5.32 Å². The summed E-state index contributed by atoms with van der Waals surface area (Å²) in [6.45, 7) is 4.40. The molecule has 5 heteroatoms. The largest absolute Gasteiger partial charge is 0.480 e. The third-order valence-corrected chi connectivity index (χ3v) is 1.30. The van der Waals surface area contributed by atoms with Gasteiger partial charge in [-0.05, 0) is 20.8 Å². The number of nitrogens with one attached hydrogen (secondary N) is 1. The summed E-state index contributed by atoms with van der Waals surface area (Å²) in [7, 11) is 0. The third kappa shape index (κ3) is 3.34. The Morgan fingerprint density at radius 1 is 1.50 bits per heavy atom. The maximum atomic E-state index is 11.1. The zero-order chi connectivity index (χ0) is 9.94. The Hall–Kier alpha value is -1.10. The van der Waals surface area contributed by atoms with E-state index < -0.39 is 23.5 Å². The summed E-state index contributed by atoms with van der Waals surface area (Å²) in [5.74, 6) is -1.55. The second-order valence-corrected chi connectivity index (χ2v) is 3.26. The Morgan fingerprint density at radius 2 is 1.92 bits per heavy atom. The minimum absolute atomic E-state index is 0.475. The fraction of sp³-hybridized carbons (Fsp3) is 0.714. The molecule has 0 fully saturated rings. The van der Waals surface area contributed by atoms with Crippen LogP contribution in [-0.2, 0) is 9.59 Å². The zero-order valence-electron chi connectivity index (χ0n) is 7.42. The highest BCUT2D eigenvalue weighted by Gasteiger charge is 2.24. The lowest BCUT2D eigenvalue weighted by Gasteiger charge is -2.19. The van der Waals surface area contributed by atoms with E-state index in [1.807, 2.05) is 0 Å². The molecule has 0 rings (SSSR count). The SMILES string of the molecule is C[C@H](NC(=O)C(C)(C)N)C(=O)O. The normalized spacial score (nSPS) is 13.7. The first-order valence-electron chi connectivity index (χ1n) is 3.58. The highest BCUT2D eigenvalue weighted by molar-refractivity contribution is 5.89. The first kappa shape index (κ1) is 10.9. The van der Waals surface area contributed by atoms with Gasteiger partial charge in [0.05, 0.1) is 5.54 Å². The summed E-state index contributed by atoms with van der Waals surface area (Å²) in [5.41, 5.74) is 4.38. The van der Waals surface area contributed by atoms with Gasteiger partial charge in [-0.3, -0.25) is 9.59 Å². The number of carbonyl (C=O) groups excluding carboxylic acids is 1. The molecule has 0 aromatic carbocycles. The van der Waals surface area contributed by atoms with Crippen LogP contribution in [0.5, 0.6) is 0 Å². The molecule has 0 bridgehead atoms. The predicted octanol–water partition coefficient (Wildman–Crippen LogP) is -0.687. The molecule has 0 aliphatic carbocycles. The molecule has 0 saturated carbocycles. The van der Waals surface area contributed by atoms with Crippen molar-refractivity contribution >= 4 is 11.9 Å². The molecule has 5 nitrogen and oxygen atoms in total. The summed E-state index contributed by atoms with van der Waals surface area (Å²) >= 11 is 0. The van der Waals surface area contributed by atoms with Crippen LogP contribution < -0.4 is 11.1 Å². The summed E-state index contributed by atoms with van der Waals surface area (Å²) in [5, 5.41) is 10.7. The number of carboxylic acids is 1. The number of amides is 1. The summed E-state index contributed by atoms with van der Waals surface area (Å²) in [6.07, 6.45) is 0. The third-order valence-electron chi connectivity index (χ3n) is 1.30. The van der Waals surface area contributed by atoms with Crippen LogP contribution in [0.3, 0.4) is 0 Å². The van der Waals surface area contributed by atoms with E-state index >= 15 is 0 Å². The van der Waals surface area contributed by atoms with Gasteiger partial charge in [0, 0.05) is 0 Å². The van der Waals surface area contributed by atoms with Crippen molar-refractivity contribution in [1.29, 1.82) is 0 Å². The molecule has 1 atom stereocenters. The van der Waals surface area contributed by atoms with Gasteiger partial charge in [-0.15, -0.1) is 0 Å². The molecule has 0 aliphatic heterocycles. The first-order valence-corrected chi connectivity index (χ1v) is 3.58. The van der Waals surface area contributed by atoms with Gasteiger partial charge in [0.25, 0.3) is 0 Å². The maximum Gasteiger partial charge on any atom is 0.325 e. The molecular weight excluding hydrogens is 160 g/mol. The van der Waals surface area contributed by atoms with E-state index in [1.54, 1.807) is 0 Å². The van der Waals surface area contributed by atoms with Crippen molar-refractivity contribution < 1.29 is 14.7 Å². The summed E-state index contributed by atoms with van der Waals surface area (Å²) < 4.78 is 0. The van der Waals surface area contributed by atoms with E-state index in [-0.39, 0.29) is 0 Å². The summed E-state index contributed by atoms with van der Waals surface area (Å²) in [6, 6.07) is -0.902. The molecule has 1 amide bonds. The fourth-order valence-corrected chi connectivity index (χ4v) is 0.444. The van der Waals surface area contributed by atoms with Crippen molar-refractivity contribution in [2.24, 2.45) is 5.73 Å². The Labute approximate surface area is 70.9 Å². The van der Waals surface area contributed by atoms with Gasteiger partial charge in [0.2, 0.25) is 5.91 Å². The van der Waals surface area contributed by atoms with Crippen LogP contribution in [0.4, 0.5) is 0 Å². The molecule has 70 valence electrons. The maximum absolute atomic E-state index is 11.1. The van der Waals surface area contributed by atoms with Crippen LogP contribution in [0.15, 0.2) is 0 Å². The number of hydrogen-bond donors (Lipinski definition) is 3. The monoisotopic (exact) mass is 174 g/mol. The molecular formula is C7H14N2O3. The van der Waals surface area contributed by atoms with Crippen molar-refractivity contribution in [2.45, 2.75) is 32.4 Å². The molecule has 0 aromatic rings. The number of aliphatic carboxylic acids is 1. The molecule has 12 heavy (non-hydrogen) atoms. The average Bonchev–Trinajstić information content (AvgIpc) is 1.85. The van der Waals surface area contributed by atoms with Gasteiger partial charge < -0.3 is 16.2 Å². The molecule has 0 aliphatic rings. The van der Waals surface area contributed by atoms with Gasteiger partial charge in [0.1, 0.15) is 6.04 Å². The standard InChI is InChI=1S/C7H14N2O3/c1-4(5(10)11)9-6(12)7(2,3)8/h4H,8H2,1-3H3,(H,9,12)(H,10,11)/t4-/m0/s1. The van der Waals surface area contributed by atoms with Gasteiger partial charge >= 0.3 is 5.97 Å². The van der Waals surface area contributed by atoms with Crippen LogP contribution >= 0.6 is 0 Å². The van der Waals surface area contributed by atoms with Crippen LogP contribution in [0.2, 0.25) is 0 Å². The van der Waals surface area contributed by atoms with E-state index in [9.17, 15) is 9.59 Å². The van der Waals surface area contributed by atoms with Crippen molar-refractivity contribution in [3.8, 4) is 0 Å². The Kier molecular flexibility index (Phi) is 3.21. The molecule has 0 saturated heterocycles. The van der Waals surface area contributed by atoms with Crippen LogP contribution in [0.25, 0.3) is 0 Å². The zero-order valence-corrected chi connectivity index (χ0v) is 7.42. The Bertz CT molecular complexity index is 195. The fourth-order valence-electron chi connectivity index (χ4n) is 0.444. The molecule has 0 aromatic heterocycles. The van der Waals surface area contributed by atoms with E-state index in [1.165, 1.54) is 20.8 Å². The lowest BCUT2D eigenvalue weighted by molar-refractivity contribution is -0.141. The first-order chi connectivity index (χ1) is 5.25. The van der Waals surface area contributed by atoms with Gasteiger partial charge in [-0.1, -0.05) is 0 Å².